The first-order chi connectivity index (χ1) is 22.7. The third-order valence-corrected chi connectivity index (χ3v) is 9.70. The molecule has 3 N–H and O–H groups in total. The van der Waals surface area contributed by atoms with Crippen molar-refractivity contribution < 1.29 is 37.5 Å². The predicted molar refractivity (Wildman–Crippen MR) is 179 cm³/mol. The number of aliphatic hydroxyl groups excluding tert-OH is 1. The van der Waals surface area contributed by atoms with Gasteiger partial charge >= 0.3 is 5.97 Å². The molecule has 0 fully saturated rings. The number of hydrogen-bond donors (Lipinski definition) is 3. The molecule has 0 aliphatic carbocycles. The van der Waals surface area contributed by atoms with Gasteiger partial charge in [-0.25, -0.2) is 13.9 Å². The quantitative estimate of drug-likeness (QED) is 0.161. The van der Waals surface area contributed by atoms with Crippen LogP contribution in [0.4, 0.5) is 5.69 Å². The van der Waals surface area contributed by atoms with Gasteiger partial charge in [0.25, 0.3) is 11.8 Å². The average Bonchev–Trinajstić information content (AvgIpc) is 3.28. The Labute approximate surface area is 281 Å². The number of nitrogens with one attached hydrogen (secondary N) is 2. The number of fused-ring (bicyclic) bond motifs is 1. The van der Waals surface area contributed by atoms with Crippen molar-refractivity contribution >= 4 is 39.4 Å². The summed E-state index contributed by atoms with van der Waals surface area (Å²) in [5.74, 6) is -2.95. The van der Waals surface area contributed by atoms with E-state index < -0.39 is 57.8 Å². The van der Waals surface area contributed by atoms with Crippen LogP contribution in [0.5, 0.6) is 0 Å². The predicted octanol–water partition coefficient (Wildman–Crippen LogP) is 3.63. The summed E-state index contributed by atoms with van der Waals surface area (Å²) in [5, 5.41) is 14.5. The number of nitrogens with zero attached hydrogens (tertiary/aromatic N) is 2. The Morgan fingerprint density at radius 3 is 1.94 bits per heavy atom. The number of anilines is 1. The molecule has 48 heavy (non-hydrogen) atoms. The highest BCUT2D eigenvalue weighted by Crippen LogP contribution is 2.28. The molecule has 0 aromatic heterocycles. The molecule has 0 unspecified atom stereocenters. The lowest BCUT2D eigenvalue weighted by atomic mass is 9.97. The maximum atomic E-state index is 14.0. The third-order valence-electron chi connectivity index (χ3n) is 7.86. The first-order valence-corrected chi connectivity index (χ1v) is 17.2. The van der Waals surface area contributed by atoms with Gasteiger partial charge in [0.05, 0.1) is 33.9 Å². The van der Waals surface area contributed by atoms with Gasteiger partial charge in [-0.2, -0.15) is 4.31 Å². The van der Waals surface area contributed by atoms with E-state index in [-0.39, 0.29) is 41.5 Å². The lowest BCUT2D eigenvalue weighted by molar-refractivity contribution is -0.138. The van der Waals surface area contributed by atoms with Crippen LogP contribution in [0.15, 0.2) is 83.8 Å². The normalized spacial score (nSPS) is 15.0. The van der Waals surface area contributed by atoms with E-state index in [9.17, 15) is 32.7 Å². The minimum Gasteiger partial charge on any atom is -0.390 e. The number of imide groups is 1. The third kappa shape index (κ3) is 8.46. The van der Waals surface area contributed by atoms with Gasteiger partial charge in [-0.1, -0.05) is 70.2 Å². The van der Waals surface area contributed by atoms with E-state index >= 15 is 0 Å². The summed E-state index contributed by atoms with van der Waals surface area (Å²) in [4.78, 5) is 57.4. The van der Waals surface area contributed by atoms with E-state index in [2.05, 4.69) is 10.8 Å². The van der Waals surface area contributed by atoms with Gasteiger partial charge in [0.2, 0.25) is 15.9 Å². The number of carbonyl (C=O) groups is 4. The van der Waals surface area contributed by atoms with E-state index in [0.29, 0.717) is 5.69 Å². The van der Waals surface area contributed by atoms with Crippen LogP contribution in [0.1, 0.15) is 60.9 Å². The van der Waals surface area contributed by atoms with Gasteiger partial charge in [0.15, 0.2) is 0 Å². The molecular weight excluding hydrogens is 636 g/mol. The SMILES string of the molecule is CC(=O)ONc1ccc(S(=O)(=O)N(CC(C)C)C[C@@H](O)[C@H](Cc2ccccc2)NC(=O)[C@H](C(C)C)N2C(=O)c3ccccc3C2=O)cc1. The van der Waals surface area contributed by atoms with Crippen molar-refractivity contribution in [3.8, 4) is 0 Å². The largest absolute Gasteiger partial charge is 0.390 e. The van der Waals surface area contributed by atoms with Crippen molar-refractivity contribution in [1.82, 2.24) is 14.5 Å². The second-order valence-electron chi connectivity index (χ2n) is 12.5. The first kappa shape index (κ1) is 36.2. The Hall–Kier alpha value is -4.59. The summed E-state index contributed by atoms with van der Waals surface area (Å²) in [7, 11) is -4.13. The van der Waals surface area contributed by atoms with Crippen LogP contribution in [0.2, 0.25) is 0 Å². The molecule has 13 heteroatoms. The molecule has 0 spiro atoms. The van der Waals surface area contributed by atoms with Crippen molar-refractivity contribution in [1.29, 1.82) is 0 Å². The molecular formula is C35H42N4O8S. The second-order valence-corrected chi connectivity index (χ2v) is 14.5. The van der Waals surface area contributed by atoms with Gasteiger partial charge in [-0.15, -0.1) is 0 Å². The molecule has 0 radical (unpaired) electrons. The maximum absolute atomic E-state index is 14.0. The van der Waals surface area contributed by atoms with E-state index in [1.807, 2.05) is 44.2 Å². The minimum absolute atomic E-state index is 0.0436. The number of hydrogen-bond acceptors (Lipinski definition) is 9. The van der Waals surface area contributed by atoms with Crippen LogP contribution in [-0.2, 0) is 30.9 Å². The highest BCUT2D eigenvalue weighted by Gasteiger charge is 2.44. The maximum Gasteiger partial charge on any atom is 0.329 e. The van der Waals surface area contributed by atoms with Crippen LogP contribution in [0.3, 0.4) is 0 Å². The molecule has 1 aliphatic heterocycles. The zero-order valence-corrected chi connectivity index (χ0v) is 28.4. The standard InChI is InChI=1S/C35H42N4O8S/c1-22(2)20-38(48(45,46)27-17-15-26(16-18-27)37-47-24(5)40)21-31(41)30(19-25-11-7-6-8-12-25)36-33(42)32(23(3)4)39-34(43)28-13-9-10-14-29(28)35(39)44/h6-18,22-23,30-32,37,41H,19-21H2,1-5H3,(H,36,42)/t30-,31+,32-/m0/s1. The van der Waals surface area contributed by atoms with Gasteiger partial charge in [0, 0.05) is 20.0 Å². The van der Waals surface area contributed by atoms with Gasteiger partial charge in [-0.3, -0.25) is 24.1 Å². The monoisotopic (exact) mass is 678 g/mol. The molecule has 0 bridgehead atoms. The Balaban J connectivity index is 1.61. The van der Waals surface area contributed by atoms with Crippen molar-refractivity contribution in [2.45, 2.75) is 64.1 Å². The molecule has 3 aromatic rings. The summed E-state index contributed by atoms with van der Waals surface area (Å²) < 4.78 is 28.9. The zero-order chi connectivity index (χ0) is 35.2. The van der Waals surface area contributed by atoms with Gasteiger partial charge in [-0.05, 0) is 60.2 Å². The summed E-state index contributed by atoms with van der Waals surface area (Å²) >= 11 is 0. The molecule has 3 atom stereocenters. The Kier molecular flexibility index (Phi) is 11.7. The van der Waals surface area contributed by atoms with Crippen LogP contribution in [0, 0.1) is 11.8 Å². The fraction of sp³-hybridized carbons (Fsp3) is 0.371. The number of carbonyl (C=O) groups excluding carboxylic acids is 4. The number of sulfonamides is 1. The van der Waals surface area contributed by atoms with Crippen LogP contribution >= 0.6 is 0 Å². The summed E-state index contributed by atoms with van der Waals surface area (Å²) in [6, 6.07) is 18.9. The van der Waals surface area contributed by atoms with Crippen molar-refractivity contribution in [2.24, 2.45) is 11.8 Å². The first-order valence-electron chi connectivity index (χ1n) is 15.7. The molecule has 4 rings (SSSR count). The second kappa shape index (κ2) is 15.5. The fourth-order valence-corrected chi connectivity index (χ4v) is 7.21. The summed E-state index contributed by atoms with van der Waals surface area (Å²) in [6.07, 6.45) is -1.24. The molecule has 3 aromatic carbocycles. The Morgan fingerprint density at radius 2 is 1.42 bits per heavy atom. The molecule has 256 valence electrons. The van der Waals surface area contributed by atoms with E-state index in [1.165, 1.54) is 35.5 Å². The minimum atomic E-state index is -4.13. The molecule has 3 amide bonds. The fourth-order valence-electron chi connectivity index (χ4n) is 5.59. The zero-order valence-electron chi connectivity index (χ0n) is 27.6. The van der Waals surface area contributed by atoms with E-state index in [0.717, 1.165) is 10.5 Å². The number of aliphatic hydroxyl groups is 1. The lowest BCUT2D eigenvalue weighted by Crippen LogP contribution is -2.58. The number of rotatable bonds is 15. The highest BCUT2D eigenvalue weighted by molar-refractivity contribution is 7.89. The van der Waals surface area contributed by atoms with E-state index in [1.54, 1.807) is 38.1 Å². The van der Waals surface area contributed by atoms with Crippen LogP contribution < -0.4 is 10.8 Å². The molecule has 1 aliphatic rings. The topological polar surface area (TPSA) is 162 Å². The highest BCUT2D eigenvalue weighted by atomic mass is 32.2. The molecule has 1 heterocycles. The smallest absolute Gasteiger partial charge is 0.329 e. The van der Waals surface area contributed by atoms with Crippen LogP contribution in [-0.4, -0.2) is 77.7 Å². The van der Waals surface area contributed by atoms with Crippen molar-refractivity contribution in [2.75, 3.05) is 18.6 Å². The Morgan fingerprint density at radius 1 is 0.854 bits per heavy atom. The van der Waals surface area contributed by atoms with Crippen molar-refractivity contribution in [3.05, 3.63) is 95.6 Å². The number of amides is 3. The number of benzene rings is 3. The van der Waals surface area contributed by atoms with Crippen molar-refractivity contribution in [3.63, 3.8) is 0 Å². The van der Waals surface area contributed by atoms with Gasteiger partial charge < -0.3 is 15.3 Å². The average molecular weight is 679 g/mol. The summed E-state index contributed by atoms with van der Waals surface area (Å²) in [6.45, 7) is 8.08. The van der Waals surface area contributed by atoms with Gasteiger partial charge in [0.1, 0.15) is 6.04 Å². The lowest BCUT2D eigenvalue weighted by Gasteiger charge is -2.33. The Bertz CT molecular complexity index is 1690. The summed E-state index contributed by atoms with van der Waals surface area (Å²) in [5.41, 5.74) is 4.01. The van der Waals surface area contributed by atoms with Crippen LogP contribution in [0.25, 0.3) is 0 Å². The van der Waals surface area contributed by atoms with E-state index in [4.69, 9.17) is 4.84 Å². The molecule has 12 nitrogen and oxygen atoms in total. The molecule has 0 saturated heterocycles. The molecule has 0 saturated carbocycles.